The molecule has 0 aromatic carbocycles. The molecule has 0 aliphatic rings. The van der Waals surface area contributed by atoms with Gasteiger partial charge in [-0.15, -0.1) is 0 Å². The molecule has 0 aliphatic heterocycles. The van der Waals surface area contributed by atoms with E-state index in [1.54, 1.807) is 12.5 Å². The van der Waals surface area contributed by atoms with E-state index in [0.717, 1.165) is 11.2 Å². The average Bonchev–Trinajstić information content (AvgIpc) is 2.33. The van der Waals surface area contributed by atoms with Crippen LogP contribution in [-0.2, 0) is 0 Å². The Labute approximate surface area is 64.8 Å². The first kappa shape index (κ1) is 5.79. The van der Waals surface area contributed by atoms with Crippen molar-refractivity contribution in [2.24, 2.45) is 0 Å². The summed E-state index contributed by atoms with van der Waals surface area (Å²) in [5.74, 6) is 0. The topological polar surface area (TPSA) is 55.7 Å². The first-order valence-corrected chi connectivity index (χ1v) is 3.53. The Balaban J connectivity index is 2.86. The van der Waals surface area contributed by atoms with E-state index in [-0.39, 0.29) is 0 Å². The number of H-pyrrole nitrogens is 2. The second-order valence-corrected chi connectivity index (χ2v) is 2.54. The number of fused-ring (bicyclic) bond motifs is 1. The van der Waals surface area contributed by atoms with Crippen LogP contribution in [0.25, 0.3) is 11.2 Å². The number of rotatable bonds is 0. The molecule has 0 aliphatic carbocycles. The number of nitrogens with zero attached hydrogens (tertiary/aromatic N) is 2. The van der Waals surface area contributed by atoms with Crippen LogP contribution in [0.1, 0.15) is 0 Å². The zero-order valence-electron chi connectivity index (χ0n) is 4.93. The van der Waals surface area contributed by atoms with Gasteiger partial charge in [-0.3, -0.25) is 4.98 Å². The maximum Gasteiger partial charge on any atom is 0.303 e. The van der Waals surface area contributed by atoms with Crippen molar-refractivity contribution in [3.63, 3.8) is 0 Å². The number of hydrogen-bond acceptors (Lipinski definition) is 2. The highest BCUT2D eigenvalue weighted by atomic mass is 79.9. The van der Waals surface area contributed by atoms with E-state index in [2.05, 4.69) is 35.9 Å². The van der Waals surface area contributed by atoms with E-state index in [1.807, 2.05) is 0 Å². The number of aromatic nitrogens is 4. The molecule has 2 aromatic rings. The molecule has 0 amide bonds. The van der Waals surface area contributed by atoms with Gasteiger partial charge in [0.25, 0.3) is 4.73 Å². The van der Waals surface area contributed by atoms with Crippen LogP contribution < -0.4 is 4.98 Å². The lowest BCUT2D eigenvalue weighted by atomic mass is 10.6. The van der Waals surface area contributed by atoms with Crippen molar-refractivity contribution >= 4 is 27.1 Å². The standard InChI is InChI=1S/C5H3BrN4/c6-5-7-1-3-4(10-5)9-2-8-3/h1-2H,(H,7,8,9,10)/p+1. The highest BCUT2D eigenvalue weighted by Gasteiger charge is 2.04. The normalized spacial score (nSPS) is 10.5. The average molecular weight is 200 g/mol. The smallest absolute Gasteiger partial charge is 0.273 e. The molecule has 0 saturated carbocycles. The summed E-state index contributed by atoms with van der Waals surface area (Å²) in [5.41, 5.74) is 1.71. The summed E-state index contributed by atoms with van der Waals surface area (Å²) in [6, 6.07) is 0. The molecular formula is C5H4BrN4+. The fraction of sp³-hybridized carbons (Fsp3) is 0. The van der Waals surface area contributed by atoms with Crippen molar-refractivity contribution in [3.05, 3.63) is 17.3 Å². The van der Waals surface area contributed by atoms with E-state index in [0.29, 0.717) is 4.73 Å². The Hall–Kier alpha value is -0.970. The van der Waals surface area contributed by atoms with Crippen LogP contribution in [0.5, 0.6) is 0 Å². The van der Waals surface area contributed by atoms with Gasteiger partial charge in [0, 0.05) is 15.9 Å². The van der Waals surface area contributed by atoms with E-state index in [1.165, 1.54) is 0 Å². The highest BCUT2D eigenvalue weighted by molar-refractivity contribution is 9.10. The van der Waals surface area contributed by atoms with Crippen molar-refractivity contribution in [2.45, 2.75) is 0 Å². The Morgan fingerprint density at radius 1 is 1.60 bits per heavy atom. The predicted octanol–water partition coefficient (Wildman–Crippen LogP) is 0.534. The largest absolute Gasteiger partial charge is 0.303 e. The molecule has 0 saturated heterocycles. The summed E-state index contributed by atoms with van der Waals surface area (Å²) in [5, 5.41) is 0. The number of halogens is 1. The molecule has 10 heavy (non-hydrogen) atoms. The molecule has 50 valence electrons. The van der Waals surface area contributed by atoms with Crippen LogP contribution >= 0.6 is 15.9 Å². The molecular weight excluding hydrogens is 196 g/mol. The molecule has 0 spiro atoms. The maximum atomic E-state index is 4.05. The predicted molar refractivity (Wildman–Crippen MR) is 38.1 cm³/mol. The van der Waals surface area contributed by atoms with Crippen LogP contribution in [0.15, 0.2) is 17.3 Å². The third-order valence-corrected chi connectivity index (χ3v) is 1.58. The first-order valence-electron chi connectivity index (χ1n) is 2.73. The minimum absolute atomic E-state index is 0.593. The molecule has 5 heteroatoms. The van der Waals surface area contributed by atoms with Crippen LogP contribution in [0, 0.1) is 0 Å². The summed E-state index contributed by atoms with van der Waals surface area (Å²) in [6.45, 7) is 0. The van der Waals surface area contributed by atoms with Crippen molar-refractivity contribution < 1.29 is 4.98 Å². The lowest BCUT2D eigenvalue weighted by Crippen LogP contribution is -1.97. The second kappa shape index (κ2) is 2.02. The third-order valence-electron chi connectivity index (χ3n) is 1.20. The second-order valence-electron chi connectivity index (χ2n) is 1.83. The van der Waals surface area contributed by atoms with Crippen LogP contribution in [0.2, 0.25) is 0 Å². The van der Waals surface area contributed by atoms with Gasteiger partial charge in [0.05, 0.1) is 6.20 Å². The first-order chi connectivity index (χ1) is 4.86. The summed E-state index contributed by atoms with van der Waals surface area (Å²) in [4.78, 5) is 13.9. The highest BCUT2D eigenvalue weighted by Crippen LogP contribution is 2.04. The lowest BCUT2D eigenvalue weighted by Gasteiger charge is -1.78. The van der Waals surface area contributed by atoms with Gasteiger partial charge in [-0.25, -0.2) is 9.97 Å². The van der Waals surface area contributed by atoms with E-state index in [9.17, 15) is 0 Å². The minimum Gasteiger partial charge on any atom is -0.273 e. The fourth-order valence-electron chi connectivity index (χ4n) is 0.758. The van der Waals surface area contributed by atoms with E-state index in [4.69, 9.17) is 0 Å². The van der Waals surface area contributed by atoms with Crippen molar-refractivity contribution in [3.8, 4) is 0 Å². The molecule has 2 N–H and O–H groups in total. The van der Waals surface area contributed by atoms with E-state index >= 15 is 0 Å². The molecule has 0 radical (unpaired) electrons. The van der Waals surface area contributed by atoms with Crippen molar-refractivity contribution in [2.75, 3.05) is 0 Å². The summed E-state index contributed by atoms with van der Waals surface area (Å²) < 4.78 is 0.593. The van der Waals surface area contributed by atoms with Gasteiger partial charge in [-0.05, 0) is 0 Å². The van der Waals surface area contributed by atoms with Gasteiger partial charge >= 0.3 is 5.65 Å². The molecule has 2 aromatic heterocycles. The van der Waals surface area contributed by atoms with Gasteiger partial charge in [-0.1, -0.05) is 4.98 Å². The quantitative estimate of drug-likeness (QED) is 0.630. The zero-order chi connectivity index (χ0) is 6.97. The van der Waals surface area contributed by atoms with E-state index < -0.39 is 0 Å². The van der Waals surface area contributed by atoms with Gasteiger partial charge in [0.15, 0.2) is 11.8 Å². The van der Waals surface area contributed by atoms with Crippen molar-refractivity contribution in [1.82, 2.24) is 15.0 Å². The lowest BCUT2D eigenvalue weighted by molar-refractivity contribution is -0.347. The van der Waals surface area contributed by atoms with Gasteiger partial charge in [0.1, 0.15) is 0 Å². The number of imidazole rings is 1. The van der Waals surface area contributed by atoms with Crippen LogP contribution in [-0.4, -0.2) is 15.0 Å². The van der Waals surface area contributed by atoms with Crippen LogP contribution in [0.3, 0.4) is 0 Å². The Morgan fingerprint density at radius 2 is 2.50 bits per heavy atom. The molecule has 0 bridgehead atoms. The Kier molecular flexibility index (Phi) is 1.17. The maximum absolute atomic E-state index is 4.05. The zero-order valence-corrected chi connectivity index (χ0v) is 6.51. The molecule has 2 rings (SSSR count). The SMILES string of the molecule is Brc1ncc2[nH]c[nH+]c2n1. The molecule has 0 unspecified atom stereocenters. The van der Waals surface area contributed by atoms with Gasteiger partial charge in [-0.2, -0.15) is 0 Å². The Bertz CT molecular complexity index is 355. The van der Waals surface area contributed by atoms with Crippen molar-refractivity contribution in [1.29, 1.82) is 0 Å². The number of aromatic amines is 2. The summed E-state index contributed by atoms with van der Waals surface area (Å²) in [7, 11) is 0. The molecule has 0 atom stereocenters. The Morgan fingerprint density at radius 3 is 3.40 bits per heavy atom. The molecule has 4 nitrogen and oxygen atoms in total. The summed E-state index contributed by atoms with van der Waals surface area (Å²) >= 11 is 3.16. The minimum atomic E-state index is 0.593. The van der Waals surface area contributed by atoms with Gasteiger partial charge < -0.3 is 0 Å². The summed E-state index contributed by atoms with van der Waals surface area (Å²) in [6.07, 6.45) is 3.43. The van der Waals surface area contributed by atoms with Crippen LogP contribution in [0.4, 0.5) is 0 Å². The molecule has 0 fully saturated rings. The number of nitrogens with one attached hydrogen (secondary N) is 2. The van der Waals surface area contributed by atoms with Gasteiger partial charge in [0.2, 0.25) is 0 Å². The third kappa shape index (κ3) is 0.786. The number of hydrogen-bond donors (Lipinski definition) is 1. The monoisotopic (exact) mass is 199 g/mol. The fourth-order valence-corrected chi connectivity index (χ4v) is 1.04. The molecule has 2 heterocycles.